The van der Waals surface area contributed by atoms with Gasteiger partial charge in [-0.15, -0.1) is 0 Å². The second kappa shape index (κ2) is 3.46. The minimum atomic E-state index is 0.624. The summed E-state index contributed by atoms with van der Waals surface area (Å²) in [5, 5.41) is 14.8. The van der Waals surface area contributed by atoms with Gasteiger partial charge in [0.25, 0.3) is 0 Å². The number of rotatable bonds is 1. The monoisotopic (exact) mass is 186 g/mol. The molecule has 2 aromatic rings. The van der Waals surface area contributed by atoms with Crippen LogP contribution in [-0.2, 0) is 0 Å². The van der Waals surface area contributed by atoms with E-state index in [2.05, 4.69) is 5.10 Å². The van der Waals surface area contributed by atoms with Crippen LogP contribution in [-0.4, -0.2) is 5.10 Å². The quantitative estimate of drug-likeness (QED) is 0.502. The first-order chi connectivity index (χ1) is 6.79. The van der Waals surface area contributed by atoms with E-state index >= 15 is 0 Å². The van der Waals surface area contributed by atoms with Crippen molar-refractivity contribution in [2.75, 3.05) is 0 Å². The fourth-order valence-electron chi connectivity index (χ4n) is 1.40. The van der Waals surface area contributed by atoms with Crippen LogP contribution < -0.4 is 4.85 Å². The van der Waals surface area contributed by atoms with Crippen molar-refractivity contribution in [1.82, 2.24) is 5.10 Å². The lowest BCUT2D eigenvalue weighted by Gasteiger charge is -2.03. The Bertz CT molecular complexity index is 440. The van der Waals surface area contributed by atoms with Gasteiger partial charge in [-0.05, 0) is 11.6 Å². The maximum absolute atomic E-state index is 11.2. The van der Waals surface area contributed by atoms with Gasteiger partial charge < -0.3 is 5.21 Å². The minimum absolute atomic E-state index is 0.624. The molecule has 1 aromatic heterocycles. The molecule has 1 aromatic carbocycles. The van der Waals surface area contributed by atoms with Crippen LogP contribution in [0.2, 0.25) is 0 Å². The summed E-state index contributed by atoms with van der Waals surface area (Å²) in [5.41, 5.74) is 2.59. The first-order valence-electron chi connectivity index (χ1n) is 4.40. The van der Waals surface area contributed by atoms with E-state index in [-0.39, 0.29) is 0 Å². The lowest BCUT2D eigenvalue weighted by molar-refractivity contribution is -0.674. The second-order valence-electron chi connectivity index (χ2n) is 3.07. The number of hydrogen-bond acceptors (Lipinski definition) is 2. The Hall–Kier alpha value is -1.90. The van der Waals surface area contributed by atoms with E-state index in [4.69, 9.17) is 0 Å². The lowest BCUT2D eigenvalue weighted by atomic mass is 10.1. The topological polar surface area (TPSA) is 39.8 Å². The Morgan fingerprint density at radius 1 is 1.14 bits per heavy atom. The normalized spacial score (nSPS) is 10.1. The zero-order valence-corrected chi connectivity index (χ0v) is 7.84. The Labute approximate surface area is 82.2 Å². The van der Waals surface area contributed by atoms with Gasteiger partial charge in [0.1, 0.15) is 0 Å². The van der Waals surface area contributed by atoms with Crippen molar-refractivity contribution in [2.45, 2.75) is 6.92 Å². The first-order valence-corrected chi connectivity index (χ1v) is 4.40. The summed E-state index contributed by atoms with van der Waals surface area (Å²) >= 11 is 0. The molecule has 0 aliphatic carbocycles. The lowest BCUT2D eigenvalue weighted by Crippen LogP contribution is -2.34. The number of nitrogens with zero attached hydrogens (tertiary/aromatic N) is 2. The molecule has 0 saturated heterocycles. The molecule has 0 N–H and O–H groups in total. The van der Waals surface area contributed by atoms with Crippen LogP contribution in [0, 0.1) is 12.1 Å². The van der Waals surface area contributed by atoms with E-state index in [1.165, 1.54) is 6.20 Å². The largest absolute Gasteiger partial charge is 0.594 e. The molecule has 1 heterocycles. The van der Waals surface area contributed by atoms with Gasteiger partial charge in [0, 0.05) is 12.0 Å². The number of benzene rings is 1. The third-order valence-electron chi connectivity index (χ3n) is 2.17. The van der Waals surface area contributed by atoms with Gasteiger partial charge in [-0.3, -0.25) is 0 Å². The van der Waals surface area contributed by atoms with Crippen molar-refractivity contribution in [2.24, 2.45) is 0 Å². The highest BCUT2D eigenvalue weighted by molar-refractivity contribution is 5.63. The van der Waals surface area contributed by atoms with E-state index in [0.29, 0.717) is 10.5 Å². The molecule has 70 valence electrons. The molecule has 0 unspecified atom stereocenters. The number of hydrogen-bond donors (Lipinski definition) is 0. The Morgan fingerprint density at radius 3 is 2.57 bits per heavy atom. The summed E-state index contributed by atoms with van der Waals surface area (Å²) < 4.78 is 0. The van der Waals surface area contributed by atoms with Gasteiger partial charge in [-0.2, -0.15) is 0 Å². The molecular formula is C11H10N2O. The highest BCUT2D eigenvalue weighted by Crippen LogP contribution is 2.19. The van der Waals surface area contributed by atoms with Crippen LogP contribution >= 0.6 is 0 Å². The van der Waals surface area contributed by atoms with Crippen LogP contribution in [0.3, 0.4) is 0 Å². The van der Waals surface area contributed by atoms with Crippen molar-refractivity contribution in [3.05, 3.63) is 53.5 Å². The standard InChI is InChI=1S/C11H10N2O/c1-9-11(7-8-12-13(9)14)10-5-3-2-4-6-10/h2-8H,1H3. The van der Waals surface area contributed by atoms with E-state index in [9.17, 15) is 5.21 Å². The molecule has 3 nitrogen and oxygen atoms in total. The van der Waals surface area contributed by atoms with E-state index in [0.717, 1.165) is 11.1 Å². The second-order valence-corrected chi connectivity index (χ2v) is 3.07. The summed E-state index contributed by atoms with van der Waals surface area (Å²) in [6.45, 7) is 1.77. The molecular weight excluding hydrogens is 176 g/mol. The van der Waals surface area contributed by atoms with Crippen molar-refractivity contribution >= 4 is 0 Å². The van der Waals surface area contributed by atoms with Crippen LogP contribution in [0.1, 0.15) is 5.69 Å². The third kappa shape index (κ3) is 1.44. The van der Waals surface area contributed by atoms with Crippen LogP contribution in [0.5, 0.6) is 0 Å². The molecule has 0 aliphatic heterocycles. The van der Waals surface area contributed by atoms with E-state index in [1.807, 2.05) is 36.4 Å². The van der Waals surface area contributed by atoms with E-state index in [1.54, 1.807) is 6.92 Å². The highest BCUT2D eigenvalue weighted by atomic mass is 16.5. The van der Waals surface area contributed by atoms with Crippen molar-refractivity contribution in [1.29, 1.82) is 0 Å². The van der Waals surface area contributed by atoms with Gasteiger partial charge in [0.2, 0.25) is 5.69 Å². The maximum atomic E-state index is 11.2. The molecule has 0 atom stereocenters. The smallest absolute Gasteiger partial charge is 0.226 e. The van der Waals surface area contributed by atoms with Gasteiger partial charge >= 0.3 is 0 Å². The minimum Gasteiger partial charge on any atom is -0.594 e. The first kappa shape index (κ1) is 8.69. The average molecular weight is 186 g/mol. The molecule has 0 amide bonds. The maximum Gasteiger partial charge on any atom is 0.226 e. The molecule has 0 saturated carbocycles. The Kier molecular flexibility index (Phi) is 2.14. The van der Waals surface area contributed by atoms with Crippen LogP contribution in [0.15, 0.2) is 42.6 Å². The number of aromatic nitrogens is 2. The third-order valence-corrected chi connectivity index (χ3v) is 2.17. The highest BCUT2D eigenvalue weighted by Gasteiger charge is 2.08. The van der Waals surface area contributed by atoms with Crippen molar-refractivity contribution in [3.8, 4) is 11.1 Å². The summed E-state index contributed by atoms with van der Waals surface area (Å²) in [6, 6.07) is 11.6. The molecule has 0 radical (unpaired) electrons. The summed E-state index contributed by atoms with van der Waals surface area (Å²) in [7, 11) is 0. The van der Waals surface area contributed by atoms with Crippen molar-refractivity contribution in [3.63, 3.8) is 0 Å². The van der Waals surface area contributed by atoms with Crippen LogP contribution in [0.25, 0.3) is 11.1 Å². The molecule has 14 heavy (non-hydrogen) atoms. The molecule has 0 fully saturated rings. The predicted octanol–water partition coefficient (Wildman–Crippen LogP) is 1.69. The van der Waals surface area contributed by atoms with Gasteiger partial charge in [-0.1, -0.05) is 35.2 Å². The fraction of sp³-hybridized carbons (Fsp3) is 0.0909. The fourth-order valence-corrected chi connectivity index (χ4v) is 1.40. The van der Waals surface area contributed by atoms with Crippen LogP contribution in [0.4, 0.5) is 0 Å². The van der Waals surface area contributed by atoms with E-state index < -0.39 is 0 Å². The zero-order valence-electron chi connectivity index (χ0n) is 7.84. The van der Waals surface area contributed by atoms with Gasteiger partial charge in [0.05, 0.1) is 11.8 Å². The zero-order chi connectivity index (χ0) is 9.97. The summed E-state index contributed by atoms with van der Waals surface area (Å²) in [6.07, 6.45) is 1.52. The molecule has 3 heteroatoms. The molecule has 0 aliphatic rings. The predicted molar refractivity (Wildman–Crippen MR) is 53.4 cm³/mol. The van der Waals surface area contributed by atoms with Gasteiger partial charge in [-0.25, -0.2) is 0 Å². The molecule has 0 bridgehead atoms. The van der Waals surface area contributed by atoms with Crippen molar-refractivity contribution < 1.29 is 4.85 Å². The summed E-state index contributed by atoms with van der Waals surface area (Å²) in [5.74, 6) is 0. The SMILES string of the molecule is Cc1c(-c2ccccc2)ccn[n+]1[O-]. The average Bonchev–Trinajstić information content (AvgIpc) is 2.23. The Morgan fingerprint density at radius 2 is 1.86 bits per heavy atom. The summed E-state index contributed by atoms with van der Waals surface area (Å²) in [4.78, 5) is 0.641. The molecule has 0 spiro atoms. The molecule has 2 rings (SSSR count). The Balaban J connectivity index is 2.58. The van der Waals surface area contributed by atoms with Gasteiger partial charge in [0.15, 0.2) is 0 Å².